The van der Waals surface area contributed by atoms with Gasteiger partial charge >= 0.3 is 0 Å². The second-order valence-electron chi connectivity index (χ2n) is 7.83. The number of hydrogen-bond donors (Lipinski definition) is 2. The molecule has 0 atom stereocenters. The standard InChI is InChI=1S/C24H27N5O/c1-16-6-11-21(17(2)14-16)24(30)28-20-9-7-19(8-10-20)27-22-15-23(26-18(3)25-22)29-12-4-5-13-29/h6-11,14-15H,4-5,12-13H2,1-3H3,(H,28,30)(H,25,26,27). The molecule has 2 heterocycles. The maximum atomic E-state index is 12.6. The smallest absolute Gasteiger partial charge is 0.255 e. The van der Waals surface area contributed by atoms with Crippen LogP contribution in [0.15, 0.2) is 48.5 Å². The van der Waals surface area contributed by atoms with Crippen molar-refractivity contribution in [1.29, 1.82) is 0 Å². The zero-order chi connectivity index (χ0) is 21.1. The summed E-state index contributed by atoms with van der Waals surface area (Å²) in [6, 6.07) is 15.5. The Hall–Kier alpha value is -3.41. The Balaban J connectivity index is 1.44. The van der Waals surface area contributed by atoms with Gasteiger partial charge in [0.1, 0.15) is 17.5 Å². The van der Waals surface area contributed by atoms with E-state index < -0.39 is 0 Å². The number of nitrogens with one attached hydrogen (secondary N) is 2. The van der Waals surface area contributed by atoms with Crippen LogP contribution >= 0.6 is 0 Å². The summed E-state index contributed by atoms with van der Waals surface area (Å²) >= 11 is 0. The molecule has 1 aromatic heterocycles. The molecule has 4 rings (SSSR count). The Morgan fingerprint density at radius 2 is 1.60 bits per heavy atom. The Labute approximate surface area is 177 Å². The lowest BCUT2D eigenvalue weighted by atomic mass is 10.1. The van der Waals surface area contributed by atoms with Gasteiger partial charge in [-0.25, -0.2) is 9.97 Å². The number of carbonyl (C=O) groups excluding carboxylic acids is 1. The first-order valence-electron chi connectivity index (χ1n) is 10.3. The minimum atomic E-state index is -0.102. The molecule has 1 saturated heterocycles. The molecule has 1 amide bonds. The molecule has 154 valence electrons. The molecular formula is C24H27N5O. The zero-order valence-corrected chi connectivity index (χ0v) is 17.7. The number of nitrogens with zero attached hydrogens (tertiary/aromatic N) is 3. The first kappa shape index (κ1) is 19.9. The summed E-state index contributed by atoms with van der Waals surface area (Å²) in [5, 5.41) is 6.31. The van der Waals surface area contributed by atoms with E-state index in [1.807, 2.05) is 69.3 Å². The maximum absolute atomic E-state index is 12.6. The quantitative estimate of drug-likeness (QED) is 0.630. The first-order valence-corrected chi connectivity index (χ1v) is 10.3. The molecule has 0 unspecified atom stereocenters. The van der Waals surface area contributed by atoms with E-state index >= 15 is 0 Å². The summed E-state index contributed by atoms with van der Waals surface area (Å²) < 4.78 is 0. The van der Waals surface area contributed by atoms with E-state index in [4.69, 9.17) is 0 Å². The number of rotatable bonds is 5. The molecule has 0 saturated carbocycles. The summed E-state index contributed by atoms with van der Waals surface area (Å²) in [6.07, 6.45) is 2.42. The second-order valence-corrected chi connectivity index (χ2v) is 7.83. The molecule has 0 bridgehead atoms. The molecule has 1 aliphatic rings. The Kier molecular flexibility index (Phi) is 5.65. The Morgan fingerprint density at radius 3 is 2.30 bits per heavy atom. The van der Waals surface area contributed by atoms with Crippen LogP contribution in [-0.4, -0.2) is 29.0 Å². The van der Waals surface area contributed by atoms with E-state index in [1.165, 1.54) is 12.8 Å². The lowest BCUT2D eigenvalue weighted by Gasteiger charge is -2.18. The molecule has 30 heavy (non-hydrogen) atoms. The van der Waals surface area contributed by atoms with Crippen molar-refractivity contribution in [2.24, 2.45) is 0 Å². The summed E-state index contributed by atoms with van der Waals surface area (Å²) in [4.78, 5) is 24.0. The van der Waals surface area contributed by atoms with Crippen molar-refractivity contribution in [3.63, 3.8) is 0 Å². The molecular weight excluding hydrogens is 374 g/mol. The number of hydrogen-bond acceptors (Lipinski definition) is 5. The SMILES string of the molecule is Cc1ccc(C(=O)Nc2ccc(Nc3cc(N4CCCC4)nc(C)n3)cc2)c(C)c1. The molecule has 6 nitrogen and oxygen atoms in total. The average Bonchev–Trinajstić information content (AvgIpc) is 3.24. The van der Waals surface area contributed by atoms with Gasteiger partial charge in [-0.05, 0) is 69.5 Å². The molecule has 0 radical (unpaired) electrons. The fraction of sp³-hybridized carbons (Fsp3) is 0.292. The molecule has 1 fully saturated rings. The van der Waals surface area contributed by atoms with Crippen molar-refractivity contribution >= 4 is 28.9 Å². The largest absolute Gasteiger partial charge is 0.356 e. The molecule has 0 aliphatic carbocycles. The third-order valence-electron chi connectivity index (χ3n) is 5.30. The van der Waals surface area contributed by atoms with E-state index in [0.717, 1.165) is 53.1 Å². The van der Waals surface area contributed by atoms with Gasteiger partial charge in [0.2, 0.25) is 0 Å². The fourth-order valence-corrected chi connectivity index (χ4v) is 3.78. The molecule has 0 spiro atoms. The van der Waals surface area contributed by atoms with Crippen molar-refractivity contribution in [1.82, 2.24) is 9.97 Å². The van der Waals surface area contributed by atoms with E-state index in [2.05, 4.69) is 25.5 Å². The van der Waals surface area contributed by atoms with Crippen LogP contribution < -0.4 is 15.5 Å². The number of benzene rings is 2. The van der Waals surface area contributed by atoms with Gasteiger partial charge in [-0.15, -0.1) is 0 Å². The van der Waals surface area contributed by atoms with Crippen LogP contribution in [0.3, 0.4) is 0 Å². The number of aromatic nitrogens is 2. The van der Waals surface area contributed by atoms with Crippen LogP contribution in [0.25, 0.3) is 0 Å². The van der Waals surface area contributed by atoms with Crippen LogP contribution in [0.4, 0.5) is 23.0 Å². The predicted molar refractivity (Wildman–Crippen MR) is 122 cm³/mol. The number of carbonyl (C=O) groups is 1. The molecule has 2 aromatic carbocycles. The van der Waals surface area contributed by atoms with Gasteiger partial charge in [0, 0.05) is 36.1 Å². The van der Waals surface area contributed by atoms with E-state index in [-0.39, 0.29) is 5.91 Å². The molecule has 1 aliphatic heterocycles. The lowest BCUT2D eigenvalue weighted by Crippen LogP contribution is -2.19. The Morgan fingerprint density at radius 1 is 0.900 bits per heavy atom. The zero-order valence-electron chi connectivity index (χ0n) is 17.7. The third-order valence-corrected chi connectivity index (χ3v) is 5.30. The van der Waals surface area contributed by atoms with Gasteiger partial charge < -0.3 is 15.5 Å². The minimum absolute atomic E-state index is 0.102. The summed E-state index contributed by atoms with van der Waals surface area (Å²) in [6.45, 7) is 7.98. The van der Waals surface area contributed by atoms with Crippen LogP contribution in [0.2, 0.25) is 0 Å². The highest BCUT2D eigenvalue weighted by Crippen LogP contribution is 2.24. The second kappa shape index (κ2) is 8.53. The Bertz CT molecular complexity index is 1060. The summed E-state index contributed by atoms with van der Waals surface area (Å²) in [7, 11) is 0. The van der Waals surface area contributed by atoms with Gasteiger partial charge in [0.05, 0.1) is 0 Å². The molecule has 3 aromatic rings. The normalized spacial score (nSPS) is 13.4. The van der Waals surface area contributed by atoms with Gasteiger partial charge in [-0.2, -0.15) is 0 Å². The van der Waals surface area contributed by atoms with Gasteiger partial charge in [0.15, 0.2) is 0 Å². The van der Waals surface area contributed by atoms with Crippen LogP contribution in [0.1, 0.15) is 40.2 Å². The highest BCUT2D eigenvalue weighted by molar-refractivity contribution is 6.05. The van der Waals surface area contributed by atoms with Crippen molar-refractivity contribution in [3.05, 3.63) is 71.0 Å². The topological polar surface area (TPSA) is 70.2 Å². The predicted octanol–water partition coefficient (Wildman–Crippen LogP) is 5.00. The van der Waals surface area contributed by atoms with Crippen molar-refractivity contribution in [3.8, 4) is 0 Å². The van der Waals surface area contributed by atoms with Crippen LogP contribution in [-0.2, 0) is 0 Å². The summed E-state index contributed by atoms with van der Waals surface area (Å²) in [5.74, 6) is 2.39. The number of anilines is 4. The summed E-state index contributed by atoms with van der Waals surface area (Å²) in [5.41, 5.74) is 4.46. The third kappa shape index (κ3) is 4.59. The molecule has 6 heteroatoms. The first-order chi connectivity index (χ1) is 14.5. The highest BCUT2D eigenvalue weighted by Gasteiger charge is 2.15. The van der Waals surface area contributed by atoms with Crippen molar-refractivity contribution in [2.75, 3.05) is 28.6 Å². The molecule has 2 N–H and O–H groups in total. The van der Waals surface area contributed by atoms with E-state index in [9.17, 15) is 4.79 Å². The lowest BCUT2D eigenvalue weighted by molar-refractivity contribution is 0.102. The fourth-order valence-electron chi connectivity index (χ4n) is 3.78. The van der Waals surface area contributed by atoms with Gasteiger partial charge in [0.25, 0.3) is 5.91 Å². The average molecular weight is 402 g/mol. The number of aryl methyl sites for hydroxylation is 3. The van der Waals surface area contributed by atoms with Crippen molar-refractivity contribution < 1.29 is 4.79 Å². The van der Waals surface area contributed by atoms with E-state index in [1.54, 1.807) is 0 Å². The van der Waals surface area contributed by atoms with Gasteiger partial charge in [-0.1, -0.05) is 17.7 Å². The van der Waals surface area contributed by atoms with Crippen molar-refractivity contribution in [2.45, 2.75) is 33.6 Å². The van der Waals surface area contributed by atoms with Crippen LogP contribution in [0, 0.1) is 20.8 Å². The van der Waals surface area contributed by atoms with Crippen LogP contribution in [0.5, 0.6) is 0 Å². The maximum Gasteiger partial charge on any atom is 0.255 e. The van der Waals surface area contributed by atoms with Gasteiger partial charge in [-0.3, -0.25) is 4.79 Å². The van der Waals surface area contributed by atoms with E-state index in [0.29, 0.717) is 5.56 Å². The highest BCUT2D eigenvalue weighted by atomic mass is 16.1. The number of amides is 1. The minimum Gasteiger partial charge on any atom is -0.356 e. The monoisotopic (exact) mass is 401 g/mol.